The topological polar surface area (TPSA) is 88.6 Å². The molecule has 0 bridgehead atoms. The summed E-state index contributed by atoms with van der Waals surface area (Å²) in [6.45, 7) is 3.46. The molecule has 1 N–H and O–H groups in total. The number of hydrogen-bond donors (Lipinski definition) is 1. The Kier molecular flexibility index (Phi) is 4.53. The molecule has 2 aliphatic rings. The van der Waals surface area contributed by atoms with Crippen molar-refractivity contribution in [2.75, 3.05) is 26.2 Å². The smallest absolute Gasteiger partial charge is 0.395 e. The zero-order valence-electron chi connectivity index (χ0n) is 11.5. The van der Waals surface area contributed by atoms with Gasteiger partial charge in [0.05, 0.1) is 6.07 Å². The van der Waals surface area contributed by atoms with Crippen LogP contribution in [0.15, 0.2) is 16.5 Å². The van der Waals surface area contributed by atoms with Crippen molar-refractivity contribution in [3.05, 3.63) is 28.0 Å². The molecule has 1 aromatic rings. The molecule has 3 heterocycles. The molecule has 7 nitrogen and oxygen atoms in total. The van der Waals surface area contributed by atoms with Gasteiger partial charge in [0.1, 0.15) is 4.92 Å². The molecule has 21 heavy (non-hydrogen) atoms. The average Bonchev–Trinajstić information content (AvgIpc) is 3.08. The second-order valence-corrected chi connectivity index (χ2v) is 5.61. The van der Waals surface area contributed by atoms with Crippen LogP contribution in [0.4, 0.5) is 5.88 Å². The van der Waals surface area contributed by atoms with Crippen LogP contribution >= 0.6 is 12.4 Å². The first kappa shape index (κ1) is 15.8. The minimum Gasteiger partial charge on any atom is -0.395 e. The number of halogens is 1. The number of furan rings is 1. The van der Waals surface area contributed by atoms with Crippen molar-refractivity contribution in [3.8, 4) is 0 Å². The zero-order valence-corrected chi connectivity index (χ0v) is 12.4. The standard InChI is InChI=1S/C13H17N3O4.ClH/c17-12(10-1-2-11(20-10)16(18)19)15-7-4-13(5-8-15)3-6-14-9-13;/h1-2,14H,3-9H2;1H. The molecule has 3 rings (SSSR count). The van der Waals surface area contributed by atoms with E-state index in [9.17, 15) is 14.9 Å². The number of amides is 1. The largest absolute Gasteiger partial charge is 0.433 e. The minimum atomic E-state index is -0.633. The van der Waals surface area contributed by atoms with Crippen LogP contribution in [0.5, 0.6) is 0 Å². The van der Waals surface area contributed by atoms with Crippen LogP contribution in [-0.4, -0.2) is 41.9 Å². The van der Waals surface area contributed by atoms with Crippen LogP contribution in [0, 0.1) is 15.5 Å². The summed E-state index contributed by atoms with van der Waals surface area (Å²) in [5.41, 5.74) is 0.339. The van der Waals surface area contributed by atoms with E-state index >= 15 is 0 Å². The summed E-state index contributed by atoms with van der Waals surface area (Å²) in [4.78, 5) is 23.9. The van der Waals surface area contributed by atoms with Gasteiger partial charge in [-0.25, -0.2) is 0 Å². The molecule has 1 spiro atoms. The van der Waals surface area contributed by atoms with Gasteiger partial charge in [-0.05, 0) is 37.3 Å². The molecule has 1 amide bonds. The highest BCUT2D eigenvalue weighted by molar-refractivity contribution is 5.91. The number of nitrogens with zero attached hydrogens (tertiary/aromatic N) is 2. The summed E-state index contributed by atoms with van der Waals surface area (Å²) in [6, 6.07) is 2.60. The summed E-state index contributed by atoms with van der Waals surface area (Å²) < 4.78 is 4.97. The van der Waals surface area contributed by atoms with E-state index in [4.69, 9.17) is 4.42 Å². The maximum absolute atomic E-state index is 12.2. The second-order valence-electron chi connectivity index (χ2n) is 5.61. The van der Waals surface area contributed by atoms with Gasteiger partial charge in [0.25, 0.3) is 5.91 Å². The second kappa shape index (κ2) is 6.03. The molecular formula is C13H18ClN3O4. The molecule has 0 atom stereocenters. The lowest BCUT2D eigenvalue weighted by atomic mass is 9.78. The van der Waals surface area contributed by atoms with Gasteiger partial charge in [-0.2, -0.15) is 0 Å². The first-order valence-corrected chi connectivity index (χ1v) is 6.84. The van der Waals surface area contributed by atoms with Crippen molar-refractivity contribution in [1.82, 2.24) is 10.2 Å². The fourth-order valence-electron chi connectivity index (χ4n) is 3.10. The molecule has 0 aromatic carbocycles. The quantitative estimate of drug-likeness (QED) is 0.664. The van der Waals surface area contributed by atoms with Crippen molar-refractivity contribution in [1.29, 1.82) is 0 Å². The number of hydrogen-bond acceptors (Lipinski definition) is 5. The average molecular weight is 316 g/mol. The van der Waals surface area contributed by atoms with Crippen LogP contribution in [0.1, 0.15) is 29.8 Å². The van der Waals surface area contributed by atoms with Gasteiger partial charge in [-0.3, -0.25) is 14.9 Å². The lowest BCUT2D eigenvalue weighted by Gasteiger charge is -2.38. The van der Waals surface area contributed by atoms with Crippen molar-refractivity contribution in [3.63, 3.8) is 0 Å². The fourth-order valence-corrected chi connectivity index (χ4v) is 3.10. The van der Waals surface area contributed by atoms with Crippen molar-refractivity contribution >= 4 is 24.2 Å². The maximum Gasteiger partial charge on any atom is 0.433 e. The predicted molar refractivity (Wildman–Crippen MR) is 77.7 cm³/mol. The van der Waals surface area contributed by atoms with Crippen LogP contribution in [0.25, 0.3) is 0 Å². The van der Waals surface area contributed by atoms with E-state index in [2.05, 4.69) is 5.32 Å². The Hall–Kier alpha value is -1.60. The van der Waals surface area contributed by atoms with E-state index in [1.54, 1.807) is 4.90 Å². The molecule has 2 aliphatic heterocycles. The van der Waals surface area contributed by atoms with E-state index in [1.807, 2.05) is 0 Å². The number of nitro groups is 1. The van der Waals surface area contributed by atoms with Crippen LogP contribution in [0.2, 0.25) is 0 Å². The van der Waals surface area contributed by atoms with Gasteiger partial charge >= 0.3 is 5.88 Å². The number of likely N-dealkylation sites (tertiary alicyclic amines) is 1. The van der Waals surface area contributed by atoms with E-state index in [0.29, 0.717) is 18.5 Å². The Balaban J connectivity index is 0.00000161. The van der Waals surface area contributed by atoms with E-state index in [-0.39, 0.29) is 30.0 Å². The molecular weight excluding hydrogens is 298 g/mol. The lowest BCUT2D eigenvalue weighted by Crippen LogP contribution is -2.43. The number of rotatable bonds is 2. The Morgan fingerprint density at radius 2 is 2.05 bits per heavy atom. The first-order valence-electron chi connectivity index (χ1n) is 6.84. The zero-order chi connectivity index (χ0) is 14.2. The van der Waals surface area contributed by atoms with E-state index in [1.165, 1.54) is 18.6 Å². The van der Waals surface area contributed by atoms with Crippen LogP contribution in [-0.2, 0) is 0 Å². The molecule has 116 valence electrons. The molecule has 8 heteroatoms. The van der Waals surface area contributed by atoms with Gasteiger partial charge in [0.2, 0.25) is 0 Å². The number of carbonyl (C=O) groups excluding carboxylic acids is 1. The van der Waals surface area contributed by atoms with Crippen molar-refractivity contribution in [2.24, 2.45) is 5.41 Å². The molecule has 0 radical (unpaired) electrons. The highest BCUT2D eigenvalue weighted by atomic mass is 35.5. The SMILES string of the molecule is Cl.O=C(c1ccc([N+](=O)[O-])o1)N1CCC2(CCNC2)CC1. The van der Waals surface area contributed by atoms with Gasteiger partial charge < -0.3 is 14.6 Å². The Morgan fingerprint density at radius 3 is 2.57 bits per heavy atom. The Labute approximate surface area is 128 Å². The summed E-state index contributed by atoms with van der Waals surface area (Å²) in [6.07, 6.45) is 3.13. The third-order valence-electron chi connectivity index (χ3n) is 4.43. The monoisotopic (exact) mass is 315 g/mol. The summed E-state index contributed by atoms with van der Waals surface area (Å²) in [5, 5.41) is 13.9. The fraction of sp³-hybridized carbons (Fsp3) is 0.615. The number of nitrogens with one attached hydrogen (secondary N) is 1. The lowest BCUT2D eigenvalue weighted by molar-refractivity contribution is -0.402. The summed E-state index contributed by atoms with van der Waals surface area (Å²) >= 11 is 0. The van der Waals surface area contributed by atoms with Crippen molar-refractivity contribution < 1.29 is 14.1 Å². The molecule has 2 saturated heterocycles. The molecule has 1 aromatic heterocycles. The minimum absolute atomic E-state index is 0. The number of carbonyl (C=O) groups is 1. The molecule has 2 fully saturated rings. The summed E-state index contributed by atoms with van der Waals surface area (Å²) in [7, 11) is 0. The highest BCUT2D eigenvalue weighted by Gasteiger charge is 2.38. The van der Waals surface area contributed by atoms with E-state index < -0.39 is 4.92 Å². The summed E-state index contributed by atoms with van der Waals surface area (Å²) in [5.74, 6) is -0.585. The third kappa shape index (κ3) is 3.03. The molecule has 0 saturated carbocycles. The van der Waals surface area contributed by atoms with E-state index in [0.717, 1.165) is 25.9 Å². The van der Waals surface area contributed by atoms with Crippen LogP contribution < -0.4 is 5.32 Å². The number of piperidine rings is 1. The van der Waals surface area contributed by atoms with Gasteiger partial charge in [0, 0.05) is 19.6 Å². The maximum atomic E-state index is 12.2. The normalized spacial score (nSPS) is 20.3. The van der Waals surface area contributed by atoms with Gasteiger partial charge in [0.15, 0.2) is 5.76 Å². The van der Waals surface area contributed by atoms with Gasteiger partial charge in [-0.1, -0.05) is 0 Å². The highest BCUT2D eigenvalue weighted by Crippen LogP contribution is 2.37. The Bertz CT molecular complexity index is 529. The first-order chi connectivity index (χ1) is 9.60. The Morgan fingerprint density at radius 1 is 1.33 bits per heavy atom. The van der Waals surface area contributed by atoms with Crippen LogP contribution in [0.3, 0.4) is 0 Å². The molecule has 0 unspecified atom stereocenters. The van der Waals surface area contributed by atoms with Crippen molar-refractivity contribution in [2.45, 2.75) is 19.3 Å². The predicted octanol–water partition coefficient (Wildman–Crippen LogP) is 1.83. The van der Waals surface area contributed by atoms with Gasteiger partial charge in [-0.15, -0.1) is 12.4 Å². The third-order valence-corrected chi connectivity index (χ3v) is 4.43. The molecule has 0 aliphatic carbocycles.